The fraction of sp³-hybridized carbons (Fsp3) is 0.304. The predicted octanol–water partition coefficient (Wildman–Crippen LogP) is 4.72. The van der Waals surface area contributed by atoms with E-state index in [1.54, 1.807) is 12.1 Å². The van der Waals surface area contributed by atoms with Crippen LogP contribution in [0.3, 0.4) is 0 Å². The van der Waals surface area contributed by atoms with Gasteiger partial charge >= 0.3 is 0 Å². The van der Waals surface area contributed by atoms with Crippen LogP contribution in [0.1, 0.15) is 17.5 Å². The number of anilines is 1. The molecular formula is C23H23F3N4. The van der Waals surface area contributed by atoms with Crippen molar-refractivity contribution in [3.8, 4) is 0 Å². The second-order valence-electron chi connectivity index (χ2n) is 7.75. The smallest absolute Gasteiger partial charge is 0.278 e. The van der Waals surface area contributed by atoms with Gasteiger partial charge in [-0.25, -0.2) is 13.2 Å². The molecule has 0 spiro atoms. The molecule has 1 fully saturated rings. The number of halogens is 3. The Hall–Kier alpha value is -2.93. The molecule has 0 unspecified atom stereocenters. The SMILES string of the molecule is C=C(C1CN(C)C1)N(Cc1ccc(C2=NN=C(C(F)F)C2)cc1F)c1ccccc1. The minimum Gasteiger partial charge on any atom is -0.341 e. The monoisotopic (exact) mass is 412 g/mol. The number of nitrogens with zero attached hydrogens (tertiary/aromatic N) is 4. The normalized spacial score (nSPS) is 17.0. The number of para-hydroxylation sites is 1. The summed E-state index contributed by atoms with van der Waals surface area (Å²) in [5.74, 6) is -0.0737. The van der Waals surface area contributed by atoms with Crippen molar-refractivity contribution in [1.82, 2.24) is 4.90 Å². The summed E-state index contributed by atoms with van der Waals surface area (Å²) in [6.07, 6.45) is -2.70. The lowest BCUT2D eigenvalue weighted by molar-refractivity contribution is 0.159. The molecule has 2 aromatic carbocycles. The second-order valence-corrected chi connectivity index (χ2v) is 7.75. The van der Waals surface area contributed by atoms with Crippen LogP contribution in [0.5, 0.6) is 0 Å². The first-order chi connectivity index (χ1) is 14.4. The predicted molar refractivity (Wildman–Crippen MR) is 114 cm³/mol. The molecule has 0 aromatic heterocycles. The number of alkyl halides is 2. The summed E-state index contributed by atoms with van der Waals surface area (Å²) in [5.41, 5.74) is 2.96. The van der Waals surface area contributed by atoms with Crippen molar-refractivity contribution in [3.05, 3.63) is 77.8 Å². The Morgan fingerprint density at radius 3 is 2.50 bits per heavy atom. The van der Waals surface area contributed by atoms with Gasteiger partial charge in [0.05, 0.1) is 12.3 Å². The molecule has 2 aromatic rings. The highest BCUT2D eigenvalue weighted by Gasteiger charge is 2.30. The topological polar surface area (TPSA) is 31.2 Å². The van der Waals surface area contributed by atoms with Crippen LogP contribution in [0.15, 0.2) is 71.0 Å². The quantitative estimate of drug-likeness (QED) is 0.659. The third-order valence-electron chi connectivity index (χ3n) is 5.56. The van der Waals surface area contributed by atoms with Crippen molar-refractivity contribution < 1.29 is 13.2 Å². The zero-order valence-corrected chi connectivity index (χ0v) is 16.7. The maximum Gasteiger partial charge on any atom is 0.278 e. The van der Waals surface area contributed by atoms with Crippen molar-refractivity contribution >= 4 is 17.1 Å². The highest BCUT2D eigenvalue weighted by atomic mass is 19.3. The van der Waals surface area contributed by atoms with Crippen LogP contribution < -0.4 is 4.90 Å². The van der Waals surface area contributed by atoms with Gasteiger partial charge in [0.2, 0.25) is 0 Å². The van der Waals surface area contributed by atoms with E-state index in [1.807, 2.05) is 35.2 Å². The highest BCUT2D eigenvalue weighted by molar-refractivity contribution is 6.15. The molecule has 0 atom stereocenters. The summed E-state index contributed by atoms with van der Waals surface area (Å²) >= 11 is 0. The molecule has 0 bridgehead atoms. The Morgan fingerprint density at radius 2 is 1.90 bits per heavy atom. The third kappa shape index (κ3) is 4.16. The molecule has 2 aliphatic heterocycles. The lowest BCUT2D eigenvalue weighted by atomic mass is 9.95. The van der Waals surface area contributed by atoms with Gasteiger partial charge in [-0.1, -0.05) is 36.9 Å². The lowest BCUT2D eigenvalue weighted by Crippen LogP contribution is -2.47. The Balaban J connectivity index is 1.54. The van der Waals surface area contributed by atoms with Crippen molar-refractivity contribution in [2.24, 2.45) is 16.1 Å². The number of hydrogen-bond acceptors (Lipinski definition) is 4. The van der Waals surface area contributed by atoms with E-state index >= 15 is 0 Å². The molecule has 0 saturated carbocycles. The average molecular weight is 412 g/mol. The summed E-state index contributed by atoms with van der Waals surface area (Å²) in [7, 11) is 2.06. The van der Waals surface area contributed by atoms with E-state index < -0.39 is 12.2 Å². The molecule has 2 heterocycles. The molecule has 1 saturated heterocycles. The summed E-state index contributed by atoms with van der Waals surface area (Å²) in [6.45, 7) is 6.48. The molecule has 4 rings (SSSR count). The average Bonchev–Trinajstić information content (AvgIpc) is 3.21. The van der Waals surface area contributed by atoms with Crippen molar-refractivity contribution in [2.45, 2.75) is 19.4 Å². The van der Waals surface area contributed by atoms with E-state index in [-0.39, 0.29) is 12.1 Å². The minimum absolute atomic E-state index is 0.0569. The van der Waals surface area contributed by atoms with E-state index in [4.69, 9.17) is 0 Å². The van der Waals surface area contributed by atoms with E-state index in [0.29, 0.717) is 29.3 Å². The number of benzene rings is 2. The molecule has 0 amide bonds. The largest absolute Gasteiger partial charge is 0.341 e. The van der Waals surface area contributed by atoms with E-state index in [2.05, 4.69) is 28.7 Å². The van der Waals surface area contributed by atoms with Gasteiger partial charge in [0.25, 0.3) is 6.43 Å². The third-order valence-corrected chi connectivity index (χ3v) is 5.56. The Labute approximate surface area is 174 Å². The van der Waals surface area contributed by atoms with E-state index in [0.717, 1.165) is 24.5 Å². The van der Waals surface area contributed by atoms with Crippen LogP contribution in [-0.2, 0) is 6.54 Å². The van der Waals surface area contributed by atoms with E-state index in [1.165, 1.54) is 6.07 Å². The Morgan fingerprint density at radius 1 is 1.17 bits per heavy atom. The molecule has 0 radical (unpaired) electrons. The Bertz CT molecular complexity index is 995. The minimum atomic E-state index is -2.65. The van der Waals surface area contributed by atoms with Gasteiger partial charge in [0.15, 0.2) is 0 Å². The molecule has 2 aliphatic rings. The van der Waals surface area contributed by atoms with Gasteiger partial charge in [-0.2, -0.15) is 10.2 Å². The lowest BCUT2D eigenvalue weighted by Gasteiger charge is -2.41. The summed E-state index contributed by atoms with van der Waals surface area (Å²) in [6, 6.07) is 14.5. The maximum absolute atomic E-state index is 15.0. The molecule has 156 valence electrons. The molecule has 0 N–H and O–H groups in total. The van der Waals surface area contributed by atoms with Crippen LogP contribution in [0.2, 0.25) is 0 Å². The zero-order valence-electron chi connectivity index (χ0n) is 16.7. The first-order valence-electron chi connectivity index (χ1n) is 9.82. The van der Waals surface area contributed by atoms with Crippen molar-refractivity contribution in [3.63, 3.8) is 0 Å². The first kappa shape index (κ1) is 20.3. The highest BCUT2D eigenvalue weighted by Crippen LogP contribution is 2.30. The van der Waals surface area contributed by atoms with Gasteiger partial charge < -0.3 is 9.80 Å². The van der Waals surface area contributed by atoms with Crippen LogP contribution in [0.25, 0.3) is 0 Å². The molecule has 0 aliphatic carbocycles. The van der Waals surface area contributed by atoms with Gasteiger partial charge in [0.1, 0.15) is 11.5 Å². The molecule has 4 nitrogen and oxygen atoms in total. The summed E-state index contributed by atoms with van der Waals surface area (Å²) in [5, 5.41) is 7.30. The van der Waals surface area contributed by atoms with Crippen LogP contribution in [-0.4, -0.2) is 42.9 Å². The second kappa shape index (κ2) is 8.44. The number of hydrogen-bond donors (Lipinski definition) is 0. The van der Waals surface area contributed by atoms with Gasteiger partial charge in [-0.15, -0.1) is 0 Å². The van der Waals surface area contributed by atoms with Crippen LogP contribution >= 0.6 is 0 Å². The maximum atomic E-state index is 15.0. The number of likely N-dealkylation sites (tertiary alicyclic amines) is 1. The van der Waals surface area contributed by atoms with Gasteiger partial charge in [-0.3, -0.25) is 0 Å². The standard InChI is InChI=1S/C23H23F3N4/c1-15(18-12-29(2)13-18)30(19-6-4-3-5-7-19)14-17-9-8-16(10-20(17)24)21-11-22(23(25)26)28-27-21/h3-10,18,23H,1,11-14H2,2H3. The molecule has 30 heavy (non-hydrogen) atoms. The molecular weight excluding hydrogens is 389 g/mol. The van der Waals surface area contributed by atoms with Crippen LogP contribution in [0.4, 0.5) is 18.9 Å². The summed E-state index contributed by atoms with van der Waals surface area (Å²) in [4.78, 5) is 4.26. The van der Waals surface area contributed by atoms with Crippen molar-refractivity contribution in [1.29, 1.82) is 0 Å². The van der Waals surface area contributed by atoms with E-state index in [9.17, 15) is 13.2 Å². The zero-order chi connectivity index (χ0) is 21.3. The first-order valence-corrected chi connectivity index (χ1v) is 9.82. The molecule has 7 heteroatoms. The summed E-state index contributed by atoms with van der Waals surface area (Å²) < 4.78 is 40.5. The number of rotatable bonds is 7. The Kier molecular flexibility index (Phi) is 5.72. The van der Waals surface area contributed by atoms with Gasteiger partial charge in [-0.05, 0) is 25.2 Å². The fourth-order valence-electron chi connectivity index (χ4n) is 3.77. The van der Waals surface area contributed by atoms with Gasteiger partial charge in [0, 0.05) is 47.9 Å². The fourth-order valence-corrected chi connectivity index (χ4v) is 3.77. The van der Waals surface area contributed by atoms with Crippen LogP contribution in [0, 0.1) is 11.7 Å². The van der Waals surface area contributed by atoms with Crippen molar-refractivity contribution in [2.75, 3.05) is 25.0 Å².